The van der Waals surface area contributed by atoms with E-state index in [1.54, 1.807) is 12.3 Å². The van der Waals surface area contributed by atoms with Crippen molar-refractivity contribution >= 4 is 17.4 Å². The Bertz CT molecular complexity index is 758. The Labute approximate surface area is 128 Å². The first kappa shape index (κ1) is 13.8. The van der Waals surface area contributed by atoms with E-state index >= 15 is 0 Å². The van der Waals surface area contributed by atoms with Crippen LogP contribution in [0, 0.1) is 0 Å². The van der Waals surface area contributed by atoms with Gasteiger partial charge in [0.05, 0.1) is 5.69 Å². The number of carbonyl (C=O) groups is 1. The molecule has 0 bridgehead atoms. The van der Waals surface area contributed by atoms with E-state index in [0.29, 0.717) is 5.69 Å². The maximum Gasteiger partial charge on any atom is 0.323 e. The number of nitrogens with zero attached hydrogens (tertiary/aromatic N) is 1. The lowest BCUT2D eigenvalue weighted by molar-refractivity contribution is 0.262. The Kier molecular flexibility index (Phi) is 4.11. The second-order valence-electron chi connectivity index (χ2n) is 4.74. The fourth-order valence-electron chi connectivity index (χ4n) is 2.09. The van der Waals surface area contributed by atoms with E-state index < -0.39 is 0 Å². The van der Waals surface area contributed by atoms with Gasteiger partial charge in [0.1, 0.15) is 0 Å². The Morgan fingerprint density at radius 1 is 0.773 bits per heavy atom. The van der Waals surface area contributed by atoms with Gasteiger partial charge in [0.25, 0.3) is 0 Å². The summed E-state index contributed by atoms with van der Waals surface area (Å²) in [5.74, 6) is 0. The summed E-state index contributed by atoms with van der Waals surface area (Å²) >= 11 is 0. The zero-order chi connectivity index (χ0) is 15.2. The first-order valence-electron chi connectivity index (χ1n) is 6.96. The van der Waals surface area contributed by atoms with Crippen LogP contribution in [0.15, 0.2) is 79.0 Å². The average molecular weight is 289 g/mol. The van der Waals surface area contributed by atoms with Crippen molar-refractivity contribution in [3.8, 4) is 11.3 Å². The molecule has 2 N–H and O–H groups in total. The SMILES string of the molecule is O=C(Nc1ccccc1)Nc1ccnc(-c2ccccc2)c1. The summed E-state index contributed by atoms with van der Waals surface area (Å²) in [6, 6.07) is 22.5. The number of urea groups is 1. The van der Waals surface area contributed by atoms with Crippen LogP contribution in [0.3, 0.4) is 0 Å². The van der Waals surface area contributed by atoms with Crippen LogP contribution in [0.25, 0.3) is 11.3 Å². The molecule has 3 rings (SSSR count). The molecule has 22 heavy (non-hydrogen) atoms. The van der Waals surface area contributed by atoms with Gasteiger partial charge in [-0.1, -0.05) is 48.5 Å². The molecule has 0 aliphatic rings. The number of hydrogen-bond acceptors (Lipinski definition) is 2. The molecule has 0 aliphatic carbocycles. The van der Waals surface area contributed by atoms with Crippen LogP contribution in [0.4, 0.5) is 16.2 Å². The molecule has 1 aromatic heterocycles. The topological polar surface area (TPSA) is 54.0 Å². The van der Waals surface area contributed by atoms with Gasteiger partial charge in [0, 0.05) is 23.1 Å². The Morgan fingerprint density at radius 3 is 2.14 bits per heavy atom. The van der Waals surface area contributed by atoms with Crippen LogP contribution < -0.4 is 10.6 Å². The summed E-state index contributed by atoms with van der Waals surface area (Å²) in [7, 11) is 0. The molecule has 0 saturated carbocycles. The average Bonchev–Trinajstić information content (AvgIpc) is 2.57. The molecule has 3 aromatic rings. The fraction of sp³-hybridized carbons (Fsp3) is 0. The summed E-state index contributed by atoms with van der Waals surface area (Å²) < 4.78 is 0. The Morgan fingerprint density at radius 2 is 1.41 bits per heavy atom. The molecule has 4 nitrogen and oxygen atoms in total. The second-order valence-corrected chi connectivity index (χ2v) is 4.74. The number of para-hydroxylation sites is 1. The summed E-state index contributed by atoms with van der Waals surface area (Å²) in [4.78, 5) is 16.3. The van der Waals surface area contributed by atoms with E-state index in [9.17, 15) is 4.79 Å². The van der Waals surface area contributed by atoms with Crippen molar-refractivity contribution in [3.63, 3.8) is 0 Å². The van der Waals surface area contributed by atoms with Crippen LogP contribution in [-0.4, -0.2) is 11.0 Å². The standard InChI is InChI=1S/C18H15N3O/c22-18(20-15-9-5-2-6-10-15)21-16-11-12-19-17(13-16)14-7-3-1-4-8-14/h1-13H,(H2,19,20,21,22). The minimum absolute atomic E-state index is 0.281. The number of benzene rings is 2. The number of anilines is 2. The maximum absolute atomic E-state index is 12.0. The molecule has 0 radical (unpaired) electrons. The highest BCUT2D eigenvalue weighted by atomic mass is 16.2. The largest absolute Gasteiger partial charge is 0.323 e. The number of nitrogens with one attached hydrogen (secondary N) is 2. The van der Waals surface area contributed by atoms with E-state index in [2.05, 4.69) is 15.6 Å². The summed E-state index contributed by atoms with van der Waals surface area (Å²) in [5, 5.41) is 5.59. The van der Waals surface area contributed by atoms with Crippen molar-refractivity contribution in [3.05, 3.63) is 79.0 Å². The molecular formula is C18H15N3O. The predicted octanol–water partition coefficient (Wildman–Crippen LogP) is 4.39. The zero-order valence-corrected chi connectivity index (χ0v) is 11.9. The predicted molar refractivity (Wildman–Crippen MR) is 88.8 cm³/mol. The van der Waals surface area contributed by atoms with Gasteiger partial charge in [-0.15, -0.1) is 0 Å². The highest BCUT2D eigenvalue weighted by Crippen LogP contribution is 2.19. The number of carbonyl (C=O) groups excluding carboxylic acids is 1. The van der Waals surface area contributed by atoms with Gasteiger partial charge in [-0.2, -0.15) is 0 Å². The van der Waals surface area contributed by atoms with E-state index in [0.717, 1.165) is 16.9 Å². The third kappa shape index (κ3) is 3.49. The Hall–Kier alpha value is -3.14. The van der Waals surface area contributed by atoms with Crippen molar-refractivity contribution in [2.24, 2.45) is 0 Å². The Balaban J connectivity index is 1.72. The van der Waals surface area contributed by atoms with Crippen molar-refractivity contribution in [1.82, 2.24) is 4.98 Å². The molecule has 1 heterocycles. The van der Waals surface area contributed by atoms with Crippen molar-refractivity contribution in [2.75, 3.05) is 10.6 Å². The highest BCUT2D eigenvalue weighted by Gasteiger charge is 2.04. The number of pyridine rings is 1. The van der Waals surface area contributed by atoms with Crippen LogP contribution in [0.2, 0.25) is 0 Å². The van der Waals surface area contributed by atoms with E-state index in [-0.39, 0.29) is 6.03 Å². The third-order valence-electron chi connectivity index (χ3n) is 3.12. The van der Waals surface area contributed by atoms with Crippen molar-refractivity contribution in [1.29, 1.82) is 0 Å². The van der Waals surface area contributed by atoms with Crippen LogP contribution in [0.1, 0.15) is 0 Å². The third-order valence-corrected chi connectivity index (χ3v) is 3.12. The van der Waals surface area contributed by atoms with Crippen molar-refractivity contribution in [2.45, 2.75) is 0 Å². The zero-order valence-electron chi connectivity index (χ0n) is 11.9. The smallest absolute Gasteiger partial charge is 0.308 e. The lowest BCUT2D eigenvalue weighted by Gasteiger charge is -2.08. The summed E-state index contributed by atoms with van der Waals surface area (Å²) in [6.07, 6.45) is 1.68. The van der Waals surface area contributed by atoms with Crippen LogP contribution in [0.5, 0.6) is 0 Å². The van der Waals surface area contributed by atoms with Crippen LogP contribution in [-0.2, 0) is 0 Å². The second kappa shape index (κ2) is 6.54. The molecule has 4 heteroatoms. The summed E-state index contributed by atoms with van der Waals surface area (Å²) in [6.45, 7) is 0. The van der Waals surface area contributed by atoms with Gasteiger partial charge in [-0.3, -0.25) is 4.98 Å². The molecular weight excluding hydrogens is 274 g/mol. The normalized spacial score (nSPS) is 10.0. The molecule has 0 spiro atoms. The number of aromatic nitrogens is 1. The molecule has 0 atom stereocenters. The molecule has 0 unspecified atom stereocenters. The summed E-state index contributed by atoms with van der Waals surface area (Å²) in [5.41, 5.74) is 3.27. The number of hydrogen-bond donors (Lipinski definition) is 2. The lowest BCUT2D eigenvalue weighted by atomic mass is 10.1. The van der Waals surface area contributed by atoms with Crippen LogP contribution >= 0.6 is 0 Å². The lowest BCUT2D eigenvalue weighted by Crippen LogP contribution is -2.19. The van der Waals surface area contributed by atoms with Gasteiger partial charge in [-0.25, -0.2) is 4.79 Å². The van der Waals surface area contributed by atoms with E-state index in [4.69, 9.17) is 0 Å². The first-order valence-corrected chi connectivity index (χ1v) is 6.96. The molecule has 0 fully saturated rings. The fourth-order valence-corrected chi connectivity index (χ4v) is 2.09. The molecule has 0 saturated heterocycles. The quantitative estimate of drug-likeness (QED) is 0.751. The van der Waals surface area contributed by atoms with E-state index in [1.165, 1.54) is 0 Å². The van der Waals surface area contributed by atoms with Gasteiger partial charge in [-0.05, 0) is 24.3 Å². The molecule has 2 amide bonds. The molecule has 0 aliphatic heterocycles. The minimum Gasteiger partial charge on any atom is -0.308 e. The van der Waals surface area contributed by atoms with Gasteiger partial charge >= 0.3 is 6.03 Å². The van der Waals surface area contributed by atoms with Gasteiger partial charge in [0.2, 0.25) is 0 Å². The molecule has 2 aromatic carbocycles. The monoisotopic (exact) mass is 289 g/mol. The van der Waals surface area contributed by atoms with Gasteiger partial charge < -0.3 is 10.6 Å². The highest BCUT2D eigenvalue weighted by molar-refractivity contribution is 5.99. The maximum atomic E-state index is 12.0. The first-order chi connectivity index (χ1) is 10.8. The van der Waals surface area contributed by atoms with Gasteiger partial charge in [0.15, 0.2) is 0 Å². The number of rotatable bonds is 3. The van der Waals surface area contributed by atoms with E-state index in [1.807, 2.05) is 66.7 Å². The molecule has 108 valence electrons. The number of amides is 2. The van der Waals surface area contributed by atoms with Crippen molar-refractivity contribution < 1.29 is 4.79 Å². The minimum atomic E-state index is -0.281.